The van der Waals surface area contributed by atoms with Crippen molar-refractivity contribution in [3.63, 3.8) is 0 Å². The van der Waals surface area contributed by atoms with E-state index < -0.39 is 5.97 Å². The van der Waals surface area contributed by atoms with Crippen molar-refractivity contribution in [3.05, 3.63) is 23.8 Å². The second-order valence-electron chi connectivity index (χ2n) is 18.0. The van der Waals surface area contributed by atoms with Gasteiger partial charge in [0, 0.05) is 32.2 Å². The number of allylic oxidation sites excluding steroid dienone is 3. The Morgan fingerprint density at radius 1 is 0.846 bits per heavy atom. The van der Waals surface area contributed by atoms with Gasteiger partial charge < -0.3 is 15.2 Å². The molecule has 0 bridgehead atoms. The third kappa shape index (κ3) is 12.2. The van der Waals surface area contributed by atoms with Crippen LogP contribution in [0.4, 0.5) is 0 Å². The van der Waals surface area contributed by atoms with E-state index in [0.717, 1.165) is 56.3 Å². The van der Waals surface area contributed by atoms with Crippen LogP contribution in [0.5, 0.6) is 0 Å². The molecule has 3 saturated carbocycles. The van der Waals surface area contributed by atoms with E-state index in [4.69, 9.17) is 9.84 Å². The third-order valence-electron chi connectivity index (χ3n) is 14.5. The number of ether oxygens (including phenoxy) is 1. The molecule has 0 saturated heterocycles. The van der Waals surface area contributed by atoms with Crippen LogP contribution >= 0.6 is 0 Å². The van der Waals surface area contributed by atoms with E-state index in [9.17, 15) is 14.4 Å². The molecule has 2 N–H and O–H groups in total. The van der Waals surface area contributed by atoms with Gasteiger partial charge in [-0.25, -0.2) is 0 Å². The number of fused-ring (bicyclic) bond motifs is 5. The van der Waals surface area contributed by atoms with Crippen molar-refractivity contribution >= 4 is 17.8 Å². The van der Waals surface area contributed by atoms with Crippen LogP contribution < -0.4 is 5.32 Å². The molecule has 8 atom stereocenters. The van der Waals surface area contributed by atoms with E-state index in [1.165, 1.54) is 103 Å². The number of esters is 1. The van der Waals surface area contributed by atoms with Gasteiger partial charge in [-0.15, -0.1) is 0 Å². The van der Waals surface area contributed by atoms with Gasteiger partial charge in [0.05, 0.1) is 0 Å². The van der Waals surface area contributed by atoms with E-state index >= 15 is 0 Å². The summed E-state index contributed by atoms with van der Waals surface area (Å²) in [4.78, 5) is 36.0. The van der Waals surface area contributed by atoms with Crippen LogP contribution in [-0.4, -0.2) is 35.6 Å². The number of carboxylic acids is 1. The summed E-state index contributed by atoms with van der Waals surface area (Å²) in [5.74, 6) is 2.64. The molecule has 0 radical (unpaired) electrons. The number of carbonyl (C=O) groups excluding carboxylic acids is 2. The maximum Gasteiger partial charge on any atom is 0.306 e. The molecular weight excluding hydrogens is 647 g/mol. The Hall–Kier alpha value is -2.11. The lowest BCUT2D eigenvalue weighted by Crippen LogP contribution is -2.51. The lowest BCUT2D eigenvalue weighted by Gasteiger charge is -2.58. The van der Waals surface area contributed by atoms with Crippen LogP contribution in [0.25, 0.3) is 0 Å². The number of hydrogen-bond acceptors (Lipinski definition) is 4. The molecule has 296 valence electrons. The number of carboxylic acid groups (broad SMARTS) is 1. The van der Waals surface area contributed by atoms with Gasteiger partial charge in [-0.3, -0.25) is 14.4 Å². The average Bonchev–Trinajstić information content (AvgIpc) is 3.48. The highest BCUT2D eigenvalue weighted by molar-refractivity contribution is 5.75. The highest BCUT2D eigenvalue weighted by atomic mass is 16.5. The lowest BCUT2D eigenvalue weighted by atomic mass is 9.47. The Balaban J connectivity index is 1.12. The number of aliphatic carboxylic acids is 1. The predicted octanol–water partition coefficient (Wildman–Crippen LogP) is 11.9. The van der Waals surface area contributed by atoms with Gasteiger partial charge in [0.25, 0.3) is 0 Å². The second-order valence-corrected chi connectivity index (χ2v) is 18.0. The summed E-state index contributed by atoms with van der Waals surface area (Å²) >= 11 is 0. The molecule has 52 heavy (non-hydrogen) atoms. The van der Waals surface area contributed by atoms with Gasteiger partial charge in [0.2, 0.25) is 5.91 Å². The second kappa shape index (κ2) is 21.7. The number of nitrogens with one attached hydrogen (secondary N) is 1. The van der Waals surface area contributed by atoms with Crippen molar-refractivity contribution in [1.29, 1.82) is 0 Å². The van der Waals surface area contributed by atoms with Crippen molar-refractivity contribution in [3.8, 4) is 0 Å². The minimum atomic E-state index is -0.812. The van der Waals surface area contributed by atoms with Gasteiger partial charge in [-0.2, -0.15) is 0 Å². The lowest BCUT2D eigenvalue weighted by molar-refractivity contribution is -0.151. The molecule has 0 unspecified atom stereocenters. The van der Waals surface area contributed by atoms with Crippen LogP contribution in [0.2, 0.25) is 0 Å². The van der Waals surface area contributed by atoms with Crippen molar-refractivity contribution < 1.29 is 24.2 Å². The van der Waals surface area contributed by atoms with Crippen LogP contribution in [0.15, 0.2) is 23.8 Å². The molecule has 0 aromatic carbocycles. The van der Waals surface area contributed by atoms with Crippen LogP contribution in [0.1, 0.15) is 195 Å². The minimum absolute atomic E-state index is 0.00994. The molecule has 3 fully saturated rings. The maximum absolute atomic E-state index is 12.8. The first-order valence-corrected chi connectivity index (χ1v) is 22.1. The molecule has 0 aliphatic heterocycles. The Morgan fingerprint density at radius 3 is 2.25 bits per heavy atom. The van der Waals surface area contributed by atoms with E-state index in [0.29, 0.717) is 43.1 Å². The van der Waals surface area contributed by atoms with E-state index in [-0.39, 0.29) is 29.8 Å². The first-order chi connectivity index (χ1) is 25.1. The number of rotatable bonds is 24. The highest BCUT2D eigenvalue weighted by Gasteiger charge is 2.59. The maximum atomic E-state index is 12.8. The Labute approximate surface area is 318 Å². The molecule has 4 aliphatic rings. The molecule has 4 aliphatic carbocycles. The van der Waals surface area contributed by atoms with Gasteiger partial charge in [0.1, 0.15) is 6.10 Å². The Kier molecular flexibility index (Phi) is 17.8. The van der Waals surface area contributed by atoms with E-state index in [2.05, 4.69) is 51.2 Å². The summed E-state index contributed by atoms with van der Waals surface area (Å²) in [6, 6.07) is 0. The highest BCUT2D eigenvalue weighted by Crippen LogP contribution is 2.67. The quantitative estimate of drug-likeness (QED) is 0.0587. The SMILES string of the molecule is CCCCCCCC/C=C/CCCCCCCC(=O)O[C@H]1CC[C@@]2(C)C(=CC[C@H]3[C@@H]4CC[C@H]([C@H](C)CCC(=O)NCCCC(=O)O)[C@@]4(C)CC[C@@H]32)C1. The topological polar surface area (TPSA) is 92.7 Å². The molecule has 4 rings (SSSR count). The number of carbonyl (C=O) groups is 3. The fraction of sp³-hybridized carbons (Fsp3) is 0.848. The Bertz CT molecular complexity index is 1180. The van der Waals surface area contributed by atoms with Gasteiger partial charge in [-0.1, -0.05) is 103 Å². The first kappa shape index (κ1) is 42.6. The van der Waals surface area contributed by atoms with Crippen LogP contribution in [0.3, 0.4) is 0 Å². The largest absolute Gasteiger partial charge is 0.481 e. The standard InChI is InChI=1S/C46H77NO5/c1-5-6-7-8-9-10-11-12-13-14-15-16-17-18-19-22-44(51)52-37-29-31-45(3)36(34-37)24-25-38-40-27-26-39(46(40,4)32-30-41(38)45)35(2)23-28-42(48)47-33-20-21-43(49)50/h12-13,24,35,37-41H,5-11,14-23,25-34H2,1-4H3,(H,47,48)(H,49,50)/b13-12+/t35-,37+,38+,39-,40+,41+,45+,46-/m1/s1. The smallest absolute Gasteiger partial charge is 0.306 e. The summed E-state index contributed by atoms with van der Waals surface area (Å²) in [6.45, 7) is 10.2. The molecule has 0 heterocycles. The normalized spacial score (nSPS) is 30.2. The van der Waals surface area contributed by atoms with E-state index in [1.807, 2.05) is 0 Å². The molecule has 0 aromatic rings. The third-order valence-corrected chi connectivity index (χ3v) is 14.5. The van der Waals surface area contributed by atoms with E-state index in [1.54, 1.807) is 5.57 Å². The molecular formula is C46H77NO5. The van der Waals surface area contributed by atoms with Gasteiger partial charge in [-0.05, 0) is 130 Å². The summed E-state index contributed by atoms with van der Waals surface area (Å²) in [5, 5.41) is 11.7. The van der Waals surface area contributed by atoms with Gasteiger partial charge in [0.15, 0.2) is 0 Å². The molecule has 1 amide bonds. The number of unbranched alkanes of at least 4 members (excludes halogenated alkanes) is 11. The fourth-order valence-corrected chi connectivity index (χ4v) is 11.4. The van der Waals surface area contributed by atoms with Crippen molar-refractivity contribution in [1.82, 2.24) is 5.32 Å². The number of hydrogen-bond donors (Lipinski definition) is 2. The fourth-order valence-electron chi connectivity index (χ4n) is 11.4. The molecule has 6 heteroatoms. The molecule has 0 spiro atoms. The van der Waals surface area contributed by atoms with Crippen LogP contribution in [-0.2, 0) is 19.1 Å². The van der Waals surface area contributed by atoms with Crippen LogP contribution in [0, 0.1) is 40.4 Å². The zero-order chi connectivity index (χ0) is 37.4. The zero-order valence-electron chi connectivity index (χ0n) is 33.9. The monoisotopic (exact) mass is 724 g/mol. The summed E-state index contributed by atoms with van der Waals surface area (Å²) in [6.07, 6.45) is 35.8. The van der Waals surface area contributed by atoms with Crippen molar-refractivity contribution in [2.45, 2.75) is 201 Å². The Morgan fingerprint density at radius 2 is 1.54 bits per heavy atom. The minimum Gasteiger partial charge on any atom is -0.481 e. The molecule has 0 aromatic heterocycles. The molecule has 6 nitrogen and oxygen atoms in total. The summed E-state index contributed by atoms with van der Waals surface area (Å²) in [5.41, 5.74) is 2.15. The van der Waals surface area contributed by atoms with Gasteiger partial charge >= 0.3 is 11.9 Å². The predicted molar refractivity (Wildman–Crippen MR) is 213 cm³/mol. The summed E-state index contributed by atoms with van der Waals surface area (Å²) < 4.78 is 6.10. The van der Waals surface area contributed by atoms with Crippen molar-refractivity contribution in [2.24, 2.45) is 40.4 Å². The average molecular weight is 724 g/mol. The number of amides is 1. The first-order valence-electron chi connectivity index (χ1n) is 22.1. The summed E-state index contributed by atoms with van der Waals surface area (Å²) in [7, 11) is 0. The zero-order valence-corrected chi connectivity index (χ0v) is 33.9. The van der Waals surface area contributed by atoms with Crippen molar-refractivity contribution in [2.75, 3.05) is 6.54 Å².